The van der Waals surface area contributed by atoms with Crippen LogP contribution in [0.15, 0.2) is 18.6 Å². The summed E-state index contributed by atoms with van der Waals surface area (Å²) in [5, 5.41) is 3.33. The number of hydrogen-bond acceptors (Lipinski definition) is 3. The van der Waals surface area contributed by atoms with Crippen molar-refractivity contribution in [2.75, 3.05) is 7.05 Å². The highest BCUT2D eigenvalue weighted by Gasteiger charge is 2.41. The lowest BCUT2D eigenvalue weighted by molar-refractivity contribution is 0.541. The summed E-state index contributed by atoms with van der Waals surface area (Å²) in [6, 6.07) is 0. The maximum Gasteiger partial charge on any atom is 0.0605 e. The van der Waals surface area contributed by atoms with Gasteiger partial charge in [-0.05, 0) is 19.9 Å². The number of nitrogens with one attached hydrogen (secondary N) is 1. The minimum atomic E-state index is 0.343. The van der Waals surface area contributed by atoms with E-state index in [-0.39, 0.29) is 0 Å². The summed E-state index contributed by atoms with van der Waals surface area (Å²) in [5.74, 6) is 0. The normalized spacial score (nSPS) is 19.1. The molecule has 1 heterocycles. The van der Waals surface area contributed by atoms with Crippen molar-refractivity contribution in [1.82, 2.24) is 15.3 Å². The van der Waals surface area contributed by atoms with E-state index in [1.54, 1.807) is 12.4 Å². The molecule has 0 atom stereocenters. The Labute approximate surface area is 72.2 Å². The van der Waals surface area contributed by atoms with Crippen molar-refractivity contribution in [3.8, 4) is 0 Å². The number of rotatable bonds is 3. The number of hydrogen-bond donors (Lipinski definition) is 1. The van der Waals surface area contributed by atoms with Crippen LogP contribution in [-0.2, 0) is 6.42 Å². The molecule has 0 amide bonds. The van der Waals surface area contributed by atoms with Crippen LogP contribution in [0.3, 0.4) is 0 Å². The van der Waals surface area contributed by atoms with Gasteiger partial charge in [0.25, 0.3) is 0 Å². The van der Waals surface area contributed by atoms with Gasteiger partial charge in [0.2, 0.25) is 0 Å². The zero-order valence-electron chi connectivity index (χ0n) is 7.25. The van der Waals surface area contributed by atoms with Gasteiger partial charge in [-0.2, -0.15) is 0 Å². The van der Waals surface area contributed by atoms with Crippen molar-refractivity contribution in [2.24, 2.45) is 0 Å². The van der Waals surface area contributed by atoms with Crippen molar-refractivity contribution in [3.05, 3.63) is 24.3 Å². The average molecular weight is 163 g/mol. The monoisotopic (exact) mass is 163 g/mol. The third kappa shape index (κ3) is 1.46. The molecule has 1 aromatic rings. The van der Waals surface area contributed by atoms with Crippen molar-refractivity contribution in [3.63, 3.8) is 0 Å². The first-order valence-corrected chi connectivity index (χ1v) is 4.28. The molecule has 1 fully saturated rings. The zero-order valence-corrected chi connectivity index (χ0v) is 7.25. The van der Waals surface area contributed by atoms with E-state index in [0.29, 0.717) is 5.54 Å². The standard InChI is InChI=1S/C9H13N3/c1-10-9(2-3-9)6-8-7-11-4-5-12-8/h4-5,7,10H,2-3,6H2,1H3. The minimum Gasteiger partial charge on any atom is -0.314 e. The second kappa shape index (κ2) is 2.83. The van der Waals surface area contributed by atoms with E-state index in [9.17, 15) is 0 Å². The van der Waals surface area contributed by atoms with E-state index in [0.717, 1.165) is 12.1 Å². The Morgan fingerprint density at radius 1 is 1.50 bits per heavy atom. The molecule has 0 spiro atoms. The summed E-state index contributed by atoms with van der Waals surface area (Å²) in [4.78, 5) is 8.29. The number of nitrogens with zero attached hydrogens (tertiary/aromatic N) is 2. The number of likely N-dealkylation sites (N-methyl/N-ethyl adjacent to an activating group) is 1. The number of aromatic nitrogens is 2. The highest BCUT2D eigenvalue weighted by Crippen LogP contribution is 2.37. The lowest BCUT2D eigenvalue weighted by atomic mass is 10.1. The van der Waals surface area contributed by atoms with E-state index in [1.807, 2.05) is 13.2 Å². The second-order valence-electron chi connectivity index (χ2n) is 3.40. The molecule has 0 aliphatic heterocycles. The third-order valence-electron chi connectivity index (χ3n) is 2.52. The molecule has 3 nitrogen and oxygen atoms in total. The Morgan fingerprint density at radius 3 is 2.83 bits per heavy atom. The summed E-state index contributed by atoms with van der Waals surface area (Å²) in [7, 11) is 2.02. The van der Waals surface area contributed by atoms with Crippen LogP contribution in [0.2, 0.25) is 0 Å². The summed E-state index contributed by atoms with van der Waals surface area (Å²) in [6.07, 6.45) is 8.85. The SMILES string of the molecule is CNC1(Cc2cnccn2)CC1. The highest BCUT2D eigenvalue weighted by atomic mass is 15.0. The molecule has 0 saturated heterocycles. The molecular formula is C9H13N3. The van der Waals surface area contributed by atoms with E-state index in [1.165, 1.54) is 12.8 Å². The van der Waals surface area contributed by atoms with Crippen LogP contribution in [0.1, 0.15) is 18.5 Å². The molecule has 1 saturated carbocycles. The van der Waals surface area contributed by atoms with Gasteiger partial charge in [0, 0.05) is 30.6 Å². The fraction of sp³-hybridized carbons (Fsp3) is 0.556. The molecule has 1 aromatic heterocycles. The van der Waals surface area contributed by atoms with Crippen LogP contribution in [0.4, 0.5) is 0 Å². The average Bonchev–Trinajstić information content (AvgIpc) is 2.88. The fourth-order valence-corrected chi connectivity index (χ4v) is 1.43. The van der Waals surface area contributed by atoms with Gasteiger partial charge in [0.1, 0.15) is 0 Å². The zero-order chi connectivity index (χ0) is 8.44. The Morgan fingerprint density at radius 2 is 2.33 bits per heavy atom. The molecule has 64 valence electrons. The third-order valence-corrected chi connectivity index (χ3v) is 2.52. The molecular weight excluding hydrogens is 150 g/mol. The van der Waals surface area contributed by atoms with Gasteiger partial charge >= 0.3 is 0 Å². The van der Waals surface area contributed by atoms with Crippen molar-refractivity contribution >= 4 is 0 Å². The van der Waals surface area contributed by atoms with E-state index in [4.69, 9.17) is 0 Å². The summed E-state index contributed by atoms with van der Waals surface area (Å²) < 4.78 is 0. The Balaban J connectivity index is 2.04. The molecule has 1 aliphatic rings. The van der Waals surface area contributed by atoms with Crippen molar-refractivity contribution < 1.29 is 0 Å². The molecule has 1 N–H and O–H groups in total. The maximum absolute atomic E-state index is 4.25. The first-order chi connectivity index (χ1) is 5.85. The van der Waals surface area contributed by atoms with E-state index < -0.39 is 0 Å². The topological polar surface area (TPSA) is 37.8 Å². The Hall–Kier alpha value is -0.960. The molecule has 12 heavy (non-hydrogen) atoms. The van der Waals surface area contributed by atoms with E-state index in [2.05, 4.69) is 15.3 Å². The van der Waals surface area contributed by atoms with Crippen LogP contribution in [0.25, 0.3) is 0 Å². The molecule has 2 rings (SSSR count). The molecule has 1 aliphatic carbocycles. The Bertz CT molecular complexity index is 254. The maximum atomic E-state index is 4.25. The van der Waals surface area contributed by atoms with Crippen LogP contribution in [0.5, 0.6) is 0 Å². The fourth-order valence-electron chi connectivity index (χ4n) is 1.43. The van der Waals surface area contributed by atoms with Crippen molar-refractivity contribution in [2.45, 2.75) is 24.8 Å². The Kier molecular flexibility index (Phi) is 1.81. The van der Waals surface area contributed by atoms with Crippen LogP contribution < -0.4 is 5.32 Å². The van der Waals surface area contributed by atoms with Gasteiger partial charge in [-0.3, -0.25) is 9.97 Å². The summed E-state index contributed by atoms with van der Waals surface area (Å²) in [6.45, 7) is 0. The van der Waals surface area contributed by atoms with Gasteiger partial charge in [0.15, 0.2) is 0 Å². The molecule has 0 aromatic carbocycles. The predicted molar refractivity (Wildman–Crippen MR) is 46.8 cm³/mol. The highest BCUT2D eigenvalue weighted by molar-refractivity contribution is 5.10. The minimum absolute atomic E-state index is 0.343. The van der Waals surface area contributed by atoms with E-state index >= 15 is 0 Å². The van der Waals surface area contributed by atoms with Gasteiger partial charge in [0.05, 0.1) is 5.69 Å². The predicted octanol–water partition coefficient (Wildman–Crippen LogP) is 0.771. The quantitative estimate of drug-likeness (QED) is 0.715. The molecule has 0 radical (unpaired) electrons. The van der Waals surface area contributed by atoms with Crippen LogP contribution >= 0.6 is 0 Å². The molecule has 0 bridgehead atoms. The van der Waals surface area contributed by atoms with Gasteiger partial charge in [-0.25, -0.2) is 0 Å². The second-order valence-corrected chi connectivity index (χ2v) is 3.40. The van der Waals surface area contributed by atoms with Crippen LogP contribution in [0, 0.1) is 0 Å². The molecule has 0 unspecified atom stereocenters. The summed E-state index contributed by atoms with van der Waals surface area (Å²) in [5.41, 5.74) is 1.43. The summed E-state index contributed by atoms with van der Waals surface area (Å²) >= 11 is 0. The van der Waals surface area contributed by atoms with Crippen LogP contribution in [-0.4, -0.2) is 22.6 Å². The van der Waals surface area contributed by atoms with Gasteiger partial charge < -0.3 is 5.32 Å². The largest absolute Gasteiger partial charge is 0.314 e. The van der Waals surface area contributed by atoms with Gasteiger partial charge in [-0.1, -0.05) is 0 Å². The lowest BCUT2D eigenvalue weighted by Gasteiger charge is -2.12. The first-order valence-electron chi connectivity index (χ1n) is 4.28. The molecule has 3 heteroatoms. The first kappa shape index (κ1) is 7.68. The smallest absolute Gasteiger partial charge is 0.0605 e. The van der Waals surface area contributed by atoms with Gasteiger partial charge in [-0.15, -0.1) is 0 Å². The van der Waals surface area contributed by atoms with Crippen molar-refractivity contribution in [1.29, 1.82) is 0 Å². The lowest BCUT2D eigenvalue weighted by Crippen LogP contribution is -2.29.